The summed E-state index contributed by atoms with van der Waals surface area (Å²) in [6, 6.07) is 12.7. The molecule has 0 spiro atoms. The van der Waals surface area contributed by atoms with Crippen molar-refractivity contribution >= 4 is 22.5 Å². The molecule has 148 valence electrons. The molecule has 1 aromatic heterocycles. The quantitative estimate of drug-likeness (QED) is 0.394. The van der Waals surface area contributed by atoms with Crippen molar-refractivity contribution in [3.8, 4) is 0 Å². The average Bonchev–Trinajstić information content (AvgIpc) is 2.73. The van der Waals surface area contributed by atoms with Gasteiger partial charge in [-0.2, -0.15) is 0 Å². The van der Waals surface area contributed by atoms with Gasteiger partial charge in [0.1, 0.15) is 5.69 Å². The van der Waals surface area contributed by atoms with Crippen LogP contribution in [-0.4, -0.2) is 28.4 Å². The molecule has 0 saturated carbocycles. The molecular formula is C22H20N2O5. The number of esters is 1. The zero-order valence-electron chi connectivity index (χ0n) is 16.1. The molecule has 0 fully saturated rings. The molecule has 1 N–H and O–H groups in total. The summed E-state index contributed by atoms with van der Waals surface area (Å²) in [5, 5.41) is 1.60. The van der Waals surface area contributed by atoms with E-state index in [9.17, 15) is 19.2 Å². The van der Waals surface area contributed by atoms with Crippen molar-refractivity contribution in [1.29, 1.82) is 0 Å². The average molecular weight is 392 g/mol. The van der Waals surface area contributed by atoms with Gasteiger partial charge in [-0.1, -0.05) is 55.5 Å². The molecule has 0 unspecified atom stereocenters. The number of H-pyrrole nitrogens is 1. The van der Waals surface area contributed by atoms with Gasteiger partial charge in [-0.05, 0) is 17.2 Å². The maximum atomic E-state index is 13.5. The van der Waals surface area contributed by atoms with Crippen LogP contribution in [0.4, 0.5) is 0 Å². The Bertz CT molecular complexity index is 1230. The van der Waals surface area contributed by atoms with Gasteiger partial charge in [-0.25, -0.2) is 9.59 Å². The predicted octanol–water partition coefficient (Wildman–Crippen LogP) is 2.21. The number of carbonyl (C=O) groups is 2. The van der Waals surface area contributed by atoms with Gasteiger partial charge in [0.2, 0.25) is 5.78 Å². The van der Waals surface area contributed by atoms with Crippen molar-refractivity contribution in [3.63, 3.8) is 0 Å². The standard InChI is InChI=1S/C22H20N2O5/c1-3-15-19(20(26)17-11-6-9-14-8-4-5-10-16(14)17)24(22(28)23-21(15)27)13-7-12-18(25)29-2/h4-12H,3,13H2,1-2H3,(H,23,27,28)/b12-7+. The molecule has 0 aliphatic heterocycles. The van der Waals surface area contributed by atoms with E-state index >= 15 is 0 Å². The van der Waals surface area contributed by atoms with Gasteiger partial charge in [0, 0.05) is 23.7 Å². The van der Waals surface area contributed by atoms with E-state index < -0.39 is 23.0 Å². The van der Waals surface area contributed by atoms with E-state index in [0.717, 1.165) is 16.8 Å². The maximum absolute atomic E-state index is 13.5. The van der Waals surface area contributed by atoms with E-state index in [2.05, 4.69) is 9.72 Å². The van der Waals surface area contributed by atoms with Gasteiger partial charge in [0.25, 0.3) is 5.56 Å². The first-order valence-corrected chi connectivity index (χ1v) is 9.10. The first-order valence-electron chi connectivity index (χ1n) is 9.10. The van der Waals surface area contributed by atoms with Crippen molar-refractivity contribution in [2.75, 3.05) is 7.11 Å². The number of ether oxygens (including phenoxy) is 1. The van der Waals surface area contributed by atoms with Gasteiger partial charge < -0.3 is 4.74 Å². The molecule has 0 radical (unpaired) electrons. The Hall–Kier alpha value is -3.74. The first kappa shape index (κ1) is 20.0. The third kappa shape index (κ3) is 3.94. The van der Waals surface area contributed by atoms with E-state index in [1.807, 2.05) is 30.3 Å². The zero-order valence-corrected chi connectivity index (χ0v) is 16.1. The van der Waals surface area contributed by atoms with Crippen LogP contribution in [-0.2, 0) is 22.5 Å². The van der Waals surface area contributed by atoms with Crippen molar-refractivity contribution < 1.29 is 14.3 Å². The fourth-order valence-corrected chi connectivity index (χ4v) is 3.25. The molecule has 3 aromatic rings. The minimum Gasteiger partial charge on any atom is -0.466 e. The largest absolute Gasteiger partial charge is 0.466 e. The second-order valence-electron chi connectivity index (χ2n) is 6.33. The normalized spacial score (nSPS) is 11.1. The van der Waals surface area contributed by atoms with Crippen LogP contribution < -0.4 is 11.2 Å². The smallest absolute Gasteiger partial charge is 0.330 e. The number of rotatable bonds is 6. The van der Waals surface area contributed by atoms with Crippen molar-refractivity contribution in [2.24, 2.45) is 0 Å². The number of nitrogens with zero attached hydrogens (tertiary/aromatic N) is 1. The number of methoxy groups -OCH3 is 1. The zero-order chi connectivity index (χ0) is 21.0. The number of aromatic amines is 1. The minimum atomic E-state index is -0.717. The van der Waals surface area contributed by atoms with Crippen LogP contribution >= 0.6 is 0 Å². The highest BCUT2D eigenvalue weighted by molar-refractivity contribution is 6.16. The fourth-order valence-electron chi connectivity index (χ4n) is 3.25. The lowest BCUT2D eigenvalue weighted by Crippen LogP contribution is -2.37. The fraction of sp³-hybridized carbons (Fsp3) is 0.182. The molecule has 0 saturated heterocycles. The summed E-state index contributed by atoms with van der Waals surface area (Å²) in [5.74, 6) is -1.01. The van der Waals surface area contributed by atoms with Crippen LogP contribution in [0.3, 0.4) is 0 Å². The molecule has 0 amide bonds. The Morgan fingerprint density at radius 1 is 1.10 bits per heavy atom. The summed E-state index contributed by atoms with van der Waals surface area (Å²) in [6.07, 6.45) is 2.84. The Morgan fingerprint density at radius 2 is 1.83 bits per heavy atom. The number of allylic oxidation sites excluding steroid dienone is 1. The molecule has 29 heavy (non-hydrogen) atoms. The summed E-state index contributed by atoms with van der Waals surface area (Å²) in [7, 11) is 1.24. The lowest BCUT2D eigenvalue weighted by Gasteiger charge is -2.14. The Morgan fingerprint density at radius 3 is 2.55 bits per heavy atom. The molecule has 2 aromatic carbocycles. The number of hydrogen-bond donors (Lipinski definition) is 1. The number of nitrogens with one attached hydrogen (secondary N) is 1. The first-order chi connectivity index (χ1) is 14.0. The Balaban J connectivity index is 2.22. The summed E-state index contributed by atoms with van der Waals surface area (Å²) >= 11 is 0. The molecule has 3 rings (SSSR count). The van der Waals surface area contributed by atoms with Crippen molar-refractivity contribution in [1.82, 2.24) is 9.55 Å². The maximum Gasteiger partial charge on any atom is 0.330 e. The molecule has 0 aliphatic rings. The highest BCUT2D eigenvalue weighted by Gasteiger charge is 2.22. The van der Waals surface area contributed by atoms with E-state index in [0.29, 0.717) is 5.56 Å². The number of hydrogen-bond acceptors (Lipinski definition) is 5. The summed E-state index contributed by atoms with van der Waals surface area (Å²) < 4.78 is 5.71. The van der Waals surface area contributed by atoms with Crippen LogP contribution in [0.1, 0.15) is 28.5 Å². The van der Waals surface area contributed by atoms with Crippen LogP contribution in [0.15, 0.2) is 64.2 Å². The number of carbonyl (C=O) groups excluding carboxylic acids is 2. The SMILES string of the molecule is CCc1c(C(=O)c2cccc3ccccc23)n(C/C=C/C(=O)OC)c(=O)[nH]c1=O. The molecule has 1 heterocycles. The highest BCUT2D eigenvalue weighted by atomic mass is 16.5. The van der Waals surface area contributed by atoms with Crippen LogP contribution in [0.25, 0.3) is 10.8 Å². The molecule has 7 heteroatoms. The van der Waals surface area contributed by atoms with Crippen molar-refractivity contribution in [2.45, 2.75) is 19.9 Å². The predicted molar refractivity (Wildman–Crippen MR) is 109 cm³/mol. The van der Waals surface area contributed by atoms with Gasteiger partial charge in [0.05, 0.1) is 7.11 Å². The van der Waals surface area contributed by atoms with E-state index in [1.54, 1.807) is 19.1 Å². The van der Waals surface area contributed by atoms with Gasteiger partial charge in [-0.15, -0.1) is 0 Å². The van der Waals surface area contributed by atoms with Crippen LogP contribution in [0, 0.1) is 0 Å². The van der Waals surface area contributed by atoms with Gasteiger partial charge in [0.15, 0.2) is 0 Å². The lowest BCUT2D eigenvalue weighted by atomic mass is 9.97. The number of ketones is 1. The molecule has 0 bridgehead atoms. The second-order valence-corrected chi connectivity index (χ2v) is 6.33. The molecule has 7 nitrogen and oxygen atoms in total. The molecule has 0 aliphatic carbocycles. The summed E-state index contributed by atoms with van der Waals surface area (Å²) in [5.41, 5.74) is -0.672. The third-order valence-corrected chi connectivity index (χ3v) is 4.64. The number of fused-ring (bicyclic) bond motifs is 1. The Labute approximate surface area is 166 Å². The van der Waals surface area contributed by atoms with Crippen molar-refractivity contribution in [3.05, 3.63) is 92.3 Å². The van der Waals surface area contributed by atoms with E-state index in [4.69, 9.17) is 0 Å². The van der Waals surface area contributed by atoms with Gasteiger partial charge in [-0.3, -0.25) is 19.1 Å². The van der Waals surface area contributed by atoms with E-state index in [1.165, 1.54) is 17.8 Å². The molecule has 0 atom stereocenters. The lowest BCUT2D eigenvalue weighted by molar-refractivity contribution is -0.134. The summed E-state index contributed by atoms with van der Waals surface area (Å²) in [6.45, 7) is 1.67. The van der Waals surface area contributed by atoms with Crippen LogP contribution in [0.5, 0.6) is 0 Å². The van der Waals surface area contributed by atoms with Crippen LogP contribution in [0.2, 0.25) is 0 Å². The Kier molecular flexibility index (Phi) is 5.87. The highest BCUT2D eigenvalue weighted by Crippen LogP contribution is 2.22. The number of benzene rings is 2. The second kappa shape index (κ2) is 8.52. The summed E-state index contributed by atoms with van der Waals surface area (Å²) in [4.78, 5) is 51.9. The van der Waals surface area contributed by atoms with Gasteiger partial charge >= 0.3 is 11.7 Å². The molecular weight excluding hydrogens is 372 g/mol. The van der Waals surface area contributed by atoms with E-state index in [-0.39, 0.29) is 24.2 Å². The minimum absolute atomic E-state index is 0.0205. The monoisotopic (exact) mass is 392 g/mol. The topological polar surface area (TPSA) is 98.2 Å². The third-order valence-electron chi connectivity index (χ3n) is 4.64. The number of aromatic nitrogens is 2.